The van der Waals surface area contributed by atoms with Crippen molar-refractivity contribution in [2.45, 2.75) is 65.1 Å². The maximum Gasteiger partial charge on any atom is 0.198 e. The molecule has 0 aliphatic carbocycles. The highest BCUT2D eigenvalue weighted by molar-refractivity contribution is 5.46. The highest BCUT2D eigenvalue weighted by atomic mass is 16.7. The molecule has 0 aliphatic heterocycles. The molecule has 0 radical (unpaired) electrons. The molecule has 0 atom stereocenters. The minimum Gasteiger partial charge on any atom is -0.504 e. The summed E-state index contributed by atoms with van der Waals surface area (Å²) in [7, 11) is 0. The van der Waals surface area contributed by atoms with E-state index in [1.54, 1.807) is 12.1 Å². The molecule has 0 aromatic heterocycles. The molecule has 4 heteroatoms. The smallest absolute Gasteiger partial charge is 0.198 e. The first kappa shape index (κ1) is 18.8. The average molecular weight is 310 g/mol. The molecule has 0 heterocycles. The quantitative estimate of drug-likeness (QED) is 0.354. The van der Waals surface area contributed by atoms with Gasteiger partial charge in [0.2, 0.25) is 0 Å². The van der Waals surface area contributed by atoms with Crippen LogP contribution in [0.2, 0.25) is 0 Å². The fourth-order valence-electron chi connectivity index (χ4n) is 2.41. The molecule has 1 aromatic rings. The largest absolute Gasteiger partial charge is 0.504 e. The van der Waals surface area contributed by atoms with Gasteiger partial charge in [-0.3, -0.25) is 0 Å². The fourth-order valence-corrected chi connectivity index (χ4v) is 2.41. The Balaban J connectivity index is 3.11. The molecule has 0 spiro atoms. The van der Waals surface area contributed by atoms with Crippen molar-refractivity contribution in [3.8, 4) is 11.5 Å². The Morgan fingerprint density at radius 3 is 2.00 bits per heavy atom. The number of phenolic OH excluding ortho intramolecular Hbond substituents is 2. The number of hydrogen-bond donors (Lipinski definition) is 2. The zero-order chi connectivity index (χ0) is 16.4. The van der Waals surface area contributed by atoms with Gasteiger partial charge in [-0.1, -0.05) is 46.1 Å². The van der Waals surface area contributed by atoms with Crippen LogP contribution in [-0.2, 0) is 15.3 Å². The molecule has 22 heavy (non-hydrogen) atoms. The van der Waals surface area contributed by atoms with Gasteiger partial charge in [0.15, 0.2) is 17.3 Å². The molecule has 0 saturated carbocycles. The van der Waals surface area contributed by atoms with E-state index in [9.17, 15) is 10.2 Å². The van der Waals surface area contributed by atoms with Crippen molar-refractivity contribution in [2.75, 3.05) is 13.2 Å². The van der Waals surface area contributed by atoms with Gasteiger partial charge < -0.3 is 19.7 Å². The molecule has 1 aromatic carbocycles. The van der Waals surface area contributed by atoms with Crippen LogP contribution < -0.4 is 0 Å². The highest BCUT2D eigenvalue weighted by Gasteiger charge is 2.36. The molecule has 0 bridgehead atoms. The van der Waals surface area contributed by atoms with E-state index in [1.165, 1.54) is 6.07 Å². The van der Waals surface area contributed by atoms with E-state index in [1.807, 2.05) is 0 Å². The zero-order valence-corrected chi connectivity index (χ0v) is 14.1. The van der Waals surface area contributed by atoms with Crippen molar-refractivity contribution >= 4 is 0 Å². The molecule has 0 unspecified atom stereocenters. The van der Waals surface area contributed by atoms with Gasteiger partial charge in [0.05, 0.1) is 18.8 Å². The summed E-state index contributed by atoms with van der Waals surface area (Å²) in [5.74, 6) is -1.28. The number of benzene rings is 1. The third-order valence-corrected chi connectivity index (χ3v) is 3.67. The normalized spacial score (nSPS) is 11.8. The van der Waals surface area contributed by atoms with E-state index in [0.717, 1.165) is 32.1 Å². The first-order chi connectivity index (χ1) is 10.6. The summed E-state index contributed by atoms with van der Waals surface area (Å²) in [4.78, 5) is 0. The lowest BCUT2D eigenvalue weighted by Crippen LogP contribution is -2.34. The minimum atomic E-state index is -0.984. The van der Waals surface area contributed by atoms with Crippen LogP contribution in [0.3, 0.4) is 0 Å². The number of phenols is 2. The van der Waals surface area contributed by atoms with Crippen molar-refractivity contribution in [1.29, 1.82) is 0 Å². The van der Waals surface area contributed by atoms with E-state index >= 15 is 0 Å². The van der Waals surface area contributed by atoms with E-state index in [4.69, 9.17) is 9.47 Å². The number of hydrogen-bond acceptors (Lipinski definition) is 4. The summed E-state index contributed by atoms with van der Waals surface area (Å²) >= 11 is 0. The Morgan fingerprint density at radius 2 is 1.50 bits per heavy atom. The molecule has 0 aliphatic rings. The summed E-state index contributed by atoms with van der Waals surface area (Å²) < 4.78 is 12.2. The van der Waals surface area contributed by atoms with Crippen molar-refractivity contribution in [3.63, 3.8) is 0 Å². The summed E-state index contributed by atoms with van der Waals surface area (Å²) in [5, 5.41) is 20.1. The van der Waals surface area contributed by atoms with Crippen LogP contribution in [0.4, 0.5) is 0 Å². The molecule has 0 saturated heterocycles. The summed E-state index contributed by atoms with van der Waals surface area (Å²) in [6.45, 7) is 7.40. The molecule has 4 nitrogen and oxygen atoms in total. The van der Waals surface area contributed by atoms with Gasteiger partial charge in [-0.05, 0) is 25.0 Å². The first-order valence-electron chi connectivity index (χ1n) is 8.40. The van der Waals surface area contributed by atoms with Crippen molar-refractivity contribution in [1.82, 2.24) is 0 Å². The van der Waals surface area contributed by atoms with Gasteiger partial charge in [0.1, 0.15) is 0 Å². The van der Waals surface area contributed by atoms with Crippen LogP contribution in [0.5, 0.6) is 11.5 Å². The Bertz CT molecular complexity index is 421. The Labute approximate surface area is 134 Å². The summed E-state index contributed by atoms with van der Waals surface area (Å²) in [6, 6.07) is 4.94. The predicted molar refractivity (Wildman–Crippen MR) is 88.1 cm³/mol. The second-order valence-electron chi connectivity index (χ2n) is 5.58. The Morgan fingerprint density at radius 1 is 0.909 bits per heavy atom. The predicted octanol–water partition coefficient (Wildman–Crippen LogP) is 4.68. The van der Waals surface area contributed by atoms with Gasteiger partial charge >= 0.3 is 0 Å². The zero-order valence-electron chi connectivity index (χ0n) is 14.1. The number of aromatic hydroxyl groups is 2. The van der Waals surface area contributed by atoms with E-state index in [2.05, 4.69) is 20.8 Å². The third kappa shape index (κ3) is 4.89. The lowest BCUT2D eigenvalue weighted by atomic mass is 9.98. The highest BCUT2D eigenvalue weighted by Crippen LogP contribution is 2.41. The number of ether oxygens (including phenoxy) is 2. The Kier molecular flexibility index (Phi) is 8.28. The second kappa shape index (κ2) is 9.70. The lowest BCUT2D eigenvalue weighted by molar-refractivity contribution is -0.252. The van der Waals surface area contributed by atoms with Crippen molar-refractivity contribution in [3.05, 3.63) is 23.8 Å². The van der Waals surface area contributed by atoms with Crippen molar-refractivity contribution < 1.29 is 19.7 Å². The van der Waals surface area contributed by atoms with Crippen molar-refractivity contribution in [2.24, 2.45) is 0 Å². The average Bonchev–Trinajstić information content (AvgIpc) is 2.50. The van der Waals surface area contributed by atoms with Gasteiger partial charge in [-0.25, -0.2) is 0 Å². The van der Waals surface area contributed by atoms with Gasteiger partial charge in [-0.2, -0.15) is 0 Å². The van der Waals surface area contributed by atoms with Crippen LogP contribution in [0.25, 0.3) is 0 Å². The first-order valence-corrected chi connectivity index (χ1v) is 8.40. The number of para-hydroxylation sites is 1. The molecule has 0 amide bonds. The summed E-state index contributed by atoms with van der Waals surface area (Å²) in [5.41, 5.74) is 0.515. The Hall–Kier alpha value is -1.26. The van der Waals surface area contributed by atoms with Gasteiger partial charge in [0.25, 0.3) is 0 Å². The third-order valence-electron chi connectivity index (χ3n) is 3.67. The van der Waals surface area contributed by atoms with Crippen LogP contribution in [0, 0.1) is 0 Å². The van der Waals surface area contributed by atoms with Crippen LogP contribution in [0.15, 0.2) is 18.2 Å². The molecule has 126 valence electrons. The van der Waals surface area contributed by atoms with Crippen LogP contribution in [-0.4, -0.2) is 23.4 Å². The standard InChI is InChI=1S/C18H30O4/c1-4-7-13-21-18(12-6-3,22-14-8-5-2)15-10-9-11-16(19)17(15)20/h9-11,19-20H,4-8,12-14H2,1-3H3. The summed E-state index contributed by atoms with van der Waals surface area (Å²) in [6.07, 6.45) is 5.42. The molecule has 1 rings (SSSR count). The van der Waals surface area contributed by atoms with E-state index < -0.39 is 5.79 Å². The second-order valence-corrected chi connectivity index (χ2v) is 5.58. The van der Waals surface area contributed by atoms with Gasteiger partial charge in [-0.15, -0.1) is 0 Å². The lowest BCUT2D eigenvalue weighted by Gasteiger charge is -2.35. The van der Waals surface area contributed by atoms with Crippen LogP contribution >= 0.6 is 0 Å². The topological polar surface area (TPSA) is 58.9 Å². The fraction of sp³-hybridized carbons (Fsp3) is 0.667. The SMILES string of the molecule is CCCCOC(CCC)(OCCCC)c1cccc(O)c1O. The molecule has 0 fully saturated rings. The molecule has 2 N–H and O–H groups in total. The minimum absolute atomic E-state index is 0.142. The van der Waals surface area contributed by atoms with E-state index in [0.29, 0.717) is 25.2 Å². The monoisotopic (exact) mass is 310 g/mol. The number of unbranched alkanes of at least 4 members (excludes halogenated alkanes) is 2. The maximum absolute atomic E-state index is 10.3. The number of rotatable bonds is 11. The molecular weight excluding hydrogens is 280 g/mol. The molecular formula is C18H30O4. The van der Waals surface area contributed by atoms with E-state index in [-0.39, 0.29) is 11.5 Å². The van der Waals surface area contributed by atoms with Gasteiger partial charge in [0, 0.05) is 6.42 Å². The van der Waals surface area contributed by atoms with Crippen LogP contribution in [0.1, 0.15) is 64.9 Å². The maximum atomic E-state index is 10.3.